The number of hydrogen-bond acceptors (Lipinski definition) is 4. The standard InChI is InChI=1S/C20H20F3N3OS/c1-5-28-17-9-16(27)12(6-11(2)3)7-13(17)19-25-14-8-18(20(21,22)23)24-10-15(14)26(19)4/h7-10,27H,2,5-6H2,1,3-4H3. The largest absolute Gasteiger partial charge is 0.508 e. The second-order valence-corrected chi connectivity index (χ2v) is 7.90. The van der Waals surface area contributed by atoms with Crippen molar-refractivity contribution in [1.29, 1.82) is 0 Å². The number of phenolic OH excluding ortho intramolecular Hbond substituents is 1. The smallest absolute Gasteiger partial charge is 0.433 e. The van der Waals surface area contributed by atoms with Crippen molar-refractivity contribution in [3.05, 3.63) is 47.8 Å². The predicted molar refractivity (Wildman–Crippen MR) is 106 cm³/mol. The molecule has 0 fully saturated rings. The van der Waals surface area contributed by atoms with Gasteiger partial charge in [0, 0.05) is 17.5 Å². The molecule has 3 rings (SSSR count). The second kappa shape index (κ2) is 7.50. The Morgan fingerprint density at radius 1 is 1.29 bits per heavy atom. The molecule has 0 aliphatic heterocycles. The predicted octanol–water partition coefficient (Wildman–Crippen LogP) is 5.59. The molecule has 1 N–H and O–H groups in total. The lowest BCUT2D eigenvalue weighted by atomic mass is 10.0. The van der Waals surface area contributed by atoms with Gasteiger partial charge in [-0.3, -0.25) is 0 Å². The summed E-state index contributed by atoms with van der Waals surface area (Å²) in [5.74, 6) is 1.47. The Labute approximate surface area is 165 Å². The van der Waals surface area contributed by atoms with Crippen LogP contribution in [0.1, 0.15) is 25.1 Å². The molecule has 3 aromatic rings. The van der Waals surface area contributed by atoms with Crippen molar-refractivity contribution in [2.75, 3.05) is 5.75 Å². The minimum atomic E-state index is -4.53. The lowest BCUT2D eigenvalue weighted by Crippen LogP contribution is -2.07. The Kier molecular flexibility index (Phi) is 5.43. The molecule has 4 nitrogen and oxygen atoms in total. The van der Waals surface area contributed by atoms with Crippen molar-refractivity contribution < 1.29 is 18.3 Å². The third-order valence-corrected chi connectivity index (χ3v) is 5.21. The molecular weight excluding hydrogens is 387 g/mol. The summed E-state index contributed by atoms with van der Waals surface area (Å²) in [4.78, 5) is 8.80. The summed E-state index contributed by atoms with van der Waals surface area (Å²) in [5, 5.41) is 10.4. The van der Waals surface area contributed by atoms with Gasteiger partial charge in [0.25, 0.3) is 0 Å². The zero-order valence-corrected chi connectivity index (χ0v) is 16.6. The van der Waals surface area contributed by atoms with Gasteiger partial charge in [0.2, 0.25) is 0 Å². The van der Waals surface area contributed by atoms with E-state index in [1.165, 1.54) is 18.0 Å². The Bertz CT molecular complexity index is 1060. The molecule has 2 heterocycles. The molecule has 0 radical (unpaired) electrons. The lowest BCUT2D eigenvalue weighted by Gasteiger charge is -2.13. The lowest BCUT2D eigenvalue weighted by molar-refractivity contribution is -0.141. The minimum Gasteiger partial charge on any atom is -0.508 e. The third-order valence-electron chi connectivity index (χ3n) is 4.27. The molecular formula is C20H20F3N3OS. The van der Waals surface area contributed by atoms with Crippen LogP contribution in [0.2, 0.25) is 0 Å². The van der Waals surface area contributed by atoms with Gasteiger partial charge in [-0.1, -0.05) is 19.1 Å². The van der Waals surface area contributed by atoms with Gasteiger partial charge in [-0.05, 0) is 42.9 Å². The first kappa shape index (κ1) is 20.3. The number of aromatic nitrogens is 3. The number of aromatic hydroxyl groups is 1. The number of fused-ring (bicyclic) bond motifs is 1. The fraction of sp³-hybridized carbons (Fsp3) is 0.300. The molecule has 1 aromatic carbocycles. The van der Waals surface area contributed by atoms with Crippen LogP contribution in [0.4, 0.5) is 13.2 Å². The van der Waals surface area contributed by atoms with E-state index in [0.29, 0.717) is 23.3 Å². The van der Waals surface area contributed by atoms with E-state index in [2.05, 4.69) is 16.5 Å². The van der Waals surface area contributed by atoms with Crippen LogP contribution < -0.4 is 0 Å². The molecule has 8 heteroatoms. The first-order valence-corrected chi connectivity index (χ1v) is 9.63. The minimum absolute atomic E-state index is 0.169. The van der Waals surface area contributed by atoms with Gasteiger partial charge in [0.1, 0.15) is 17.3 Å². The highest BCUT2D eigenvalue weighted by molar-refractivity contribution is 7.99. The molecule has 2 aromatic heterocycles. The van der Waals surface area contributed by atoms with Gasteiger partial charge in [-0.15, -0.1) is 11.8 Å². The second-order valence-electron chi connectivity index (χ2n) is 6.59. The normalized spacial score (nSPS) is 11.9. The highest BCUT2D eigenvalue weighted by Gasteiger charge is 2.33. The summed E-state index contributed by atoms with van der Waals surface area (Å²) in [6, 6.07) is 4.47. The van der Waals surface area contributed by atoms with Crippen molar-refractivity contribution >= 4 is 22.8 Å². The number of pyridine rings is 1. The highest BCUT2D eigenvalue weighted by atomic mass is 32.2. The number of allylic oxidation sites excluding steroid dienone is 1. The van der Waals surface area contributed by atoms with Crippen LogP contribution in [0.15, 0.2) is 41.4 Å². The van der Waals surface area contributed by atoms with E-state index in [-0.39, 0.29) is 11.3 Å². The van der Waals surface area contributed by atoms with Gasteiger partial charge >= 0.3 is 6.18 Å². The SMILES string of the molecule is C=C(C)Cc1cc(-c2nc3cc(C(F)(F)F)ncc3n2C)c(SCC)cc1O. The van der Waals surface area contributed by atoms with Crippen LogP contribution in [0.3, 0.4) is 0 Å². The molecule has 0 aliphatic rings. The van der Waals surface area contributed by atoms with Gasteiger partial charge in [-0.25, -0.2) is 9.97 Å². The summed E-state index contributed by atoms with van der Waals surface area (Å²) in [7, 11) is 1.74. The topological polar surface area (TPSA) is 50.9 Å². The first-order chi connectivity index (χ1) is 13.1. The molecule has 0 atom stereocenters. The molecule has 148 valence electrons. The van der Waals surface area contributed by atoms with Crippen LogP contribution in [-0.2, 0) is 19.6 Å². The molecule has 28 heavy (non-hydrogen) atoms. The third kappa shape index (κ3) is 3.87. The van der Waals surface area contributed by atoms with E-state index in [9.17, 15) is 18.3 Å². The van der Waals surface area contributed by atoms with Crippen LogP contribution >= 0.6 is 11.8 Å². The average molecular weight is 407 g/mol. The first-order valence-electron chi connectivity index (χ1n) is 8.65. The maximum atomic E-state index is 13.0. The number of hydrogen-bond donors (Lipinski definition) is 1. The van der Waals surface area contributed by atoms with Crippen LogP contribution in [-0.4, -0.2) is 25.4 Å². The van der Waals surface area contributed by atoms with Gasteiger partial charge in [-0.2, -0.15) is 13.2 Å². The van der Waals surface area contributed by atoms with Crippen molar-refractivity contribution in [2.24, 2.45) is 7.05 Å². The Morgan fingerprint density at radius 3 is 2.61 bits per heavy atom. The zero-order valence-electron chi connectivity index (χ0n) is 15.8. The van der Waals surface area contributed by atoms with E-state index < -0.39 is 11.9 Å². The van der Waals surface area contributed by atoms with Gasteiger partial charge in [0.15, 0.2) is 0 Å². The average Bonchev–Trinajstić information content (AvgIpc) is 2.92. The van der Waals surface area contributed by atoms with E-state index >= 15 is 0 Å². The number of benzene rings is 1. The highest BCUT2D eigenvalue weighted by Crippen LogP contribution is 2.38. The van der Waals surface area contributed by atoms with Crippen LogP contribution in [0.25, 0.3) is 22.4 Å². The van der Waals surface area contributed by atoms with E-state index in [0.717, 1.165) is 27.9 Å². The molecule has 0 spiro atoms. The summed E-state index contributed by atoms with van der Waals surface area (Å²) in [6.45, 7) is 7.74. The van der Waals surface area contributed by atoms with E-state index in [4.69, 9.17) is 0 Å². The maximum Gasteiger partial charge on any atom is 0.433 e. The van der Waals surface area contributed by atoms with Crippen LogP contribution in [0.5, 0.6) is 5.75 Å². The Hall–Kier alpha value is -2.48. The van der Waals surface area contributed by atoms with Crippen molar-refractivity contribution in [2.45, 2.75) is 31.3 Å². The molecule has 0 saturated heterocycles. The number of thioether (sulfide) groups is 1. The van der Waals surface area contributed by atoms with E-state index in [1.807, 2.05) is 19.9 Å². The summed E-state index contributed by atoms with van der Waals surface area (Å²) in [5.41, 5.74) is 2.10. The number of alkyl halides is 3. The molecule has 0 saturated carbocycles. The fourth-order valence-electron chi connectivity index (χ4n) is 3.01. The summed E-state index contributed by atoms with van der Waals surface area (Å²) >= 11 is 1.53. The van der Waals surface area contributed by atoms with Crippen molar-refractivity contribution in [1.82, 2.24) is 14.5 Å². The number of halogens is 3. The number of phenols is 1. The number of imidazole rings is 1. The van der Waals surface area contributed by atoms with Gasteiger partial charge in [0.05, 0.1) is 17.2 Å². The Balaban J connectivity index is 2.22. The maximum absolute atomic E-state index is 13.0. The van der Waals surface area contributed by atoms with Gasteiger partial charge < -0.3 is 9.67 Å². The van der Waals surface area contributed by atoms with Crippen LogP contribution in [0, 0.1) is 0 Å². The number of aryl methyl sites for hydroxylation is 1. The monoisotopic (exact) mass is 407 g/mol. The van der Waals surface area contributed by atoms with Crippen molar-refractivity contribution in [3.63, 3.8) is 0 Å². The fourth-order valence-corrected chi connectivity index (χ4v) is 3.83. The quantitative estimate of drug-likeness (QED) is 0.442. The molecule has 0 unspecified atom stereocenters. The molecule has 0 aliphatic carbocycles. The van der Waals surface area contributed by atoms with Crippen molar-refractivity contribution in [3.8, 4) is 17.1 Å². The molecule has 0 bridgehead atoms. The summed E-state index contributed by atoms with van der Waals surface area (Å²) < 4.78 is 40.7. The number of rotatable bonds is 5. The molecule has 0 amide bonds. The summed E-state index contributed by atoms with van der Waals surface area (Å²) in [6.07, 6.45) is -2.83. The number of nitrogens with zero attached hydrogens (tertiary/aromatic N) is 3. The van der Waals surface area contributed by atoms with E-state index in [1.54, 1.807) is 17.7 Å². The zero-order chi connectivity index (χ0) is 20.6. The Morgan fingerprint density at radius 2 is 2.00 bits per heavy atom.